The Bertz CT molecular complexity index is 627. The zero-order valence-electron chi connectivity index (χ0n) is 12.1. The molecule has 116 valence electrons. The van der Waals surface area contributed by atoms with Crippen LogP contribution in [-0.4, -0.2) is 28.6 Å². The Morgan fingerprint density at radius 2 is 2.09 bits per heavy atom. The van der Waals surface area contributed by atoms with E-state index in [1.165, 1.54) is 17.4 Å². The van der Waals surface area contributed by atoms with Crippen LogP contribution in [0.2, 0.25) is 4.34 Å². The molecule has 1 aromatic heterocycles. The van der Waals surface area contributed by atoms with Crippen LogP contribution >= 0.6 is 22.9 Å². The number of rotatable bonds is 7. The number of nitrogens with zero attached hydrogens (tertiary/aromatic N) is 1. The molecule has 0 bridgehead atoms. The highest BCUT2D eigenvalue weighted by Crippen LogP contribution is 2.21. The molecule has 1 atom stereocenters. The van der Waals surface area contributed by atoms with Crippen molar-refractivity contribution in [2.45, 2.75) is 19.1 Å². The fraction of sp³-hybridized carbons (Fsp3) is 0.235. The number of aliphatic hydroxyl groups excluding tert-OH is 1. The first-order chi connectivity index (χ1) is 10.6. The molecule has 3 nitrogen and oxygen atoms in total. The smallest absolute Gasteiger partial charge is 0.246 e. The standard InChI is InChI=1S/C17H18ClNO2S/c1-2-17(21)19(10-14-9-16(18)22-12-14)11-15(20)8-13-6-4-3-5-7-13/h2-7,9,12,15,20H,1,8,10-11H2/t15-/m1/s1. The molecular weight excluding hydrogens is 318 g/mol. The molecule has 2 rings (SSSR count). The Morgan fingerprint density at radius 3 is 2.68 bits per heavy atom. The number of amides is 1. The van der Waals surface area contributed by atoms with Crippen molar-refractivity contribution >= 4 is 28.8 Å². The molecule has 2 aromatic rings. The highest BCUT2D eigenvalue weighted by molar-refractivity contribution is 7.14. The second-order valence-electron chi connectivity index (χ2n) is 5.03. The molecule has 0 fully saturated rings. The van der Waals surface area contributed by atoms with Crippen LogP contribution in [0.25, 0.3) is 0 Å². The molecule has 0 aliphatic heterocycles. The minimum atomic E-state index is -0.625. The number of hydrogen-bond acceptors (Lipinski definition) is 3. The lowest BCUT2D eigenvalue weighted by Crippen LogP contribution is -2.36. The Morgan fingerprint density at radius 1 is 1.36 bits per heavy atom. The first kappa shape index (κ1) is 16.7. The molecule has 1 amide bonds. The third-order valence-electron chi connectivity index (χ3n) is 3.23. The van der Waals surface area contributed by atoms with Gasteiger partial charge >= 0.3 is 0 Å². The van der Waals surface area contributed by atoms with E-state index in [1.807, 2.05) is 41.8 Å². The van der Waals surface area contributed by atoms with Gasteiger partial charge in [-0.3, -0.25) is 4.79 Å². The molecule has 0 aliphatic rings. The van der Waals surface area contributed by atoms with E-state index in [-0.39, 0.29) is 12.5 Å². The summed E-state index contributed by atoms with van der Waals surface area (Å²) in [5.74, 6) is -0.200. The average molecular weight is 336 g/mol. The monoisotopic (exact) mass is 335 g/mol. The van der Waals surface area contributed by atoms with Gasteiger partial charge in [0.2, 0.25) is 5.91 Å². The van der Waals surface area contributed by atoms with Gasteiger partial charge in [0.1, 0.15) is 0 Å². The van der Waals surface area contributed by atoms with Crippen molar-refractivity contribution in [2.24, 2.45) is 0 Å². The maximum absolute atomic E-state index is 12.0. The molecule has 5 heteroatoms. The third-order valence-corrected chi connectivity index (χ3v) is 4.37. The van der Waals surface area contributed by atoms with E-state index >= 15 is 0 Å². The average Bonchev–Trinajstić information content (AvgIpc) is 2.92. The summed E-state index contributed by atoms with van der Waals surface area (Å²) < 4.78 is 0.686. The molecule has 0 unspecified atom stereocenters. The maximum atomic E-state index is 12.0. The largest absolute Gasteiger partial charge is 0.391 e. The minimum absolute atomic E-state index is 0.200. The molecule has 0 radical (unpaired) electrons. The van der Waals surface area contributed by atoms with E-state index in [1.54, 1.807) is 4.90 Å². The number of aliphatic hydroxyl groups is 1. The number of halogens is 1. The molecular formula is C17H18ClNO2S. The quantitative estimate of drug-likeness (QED) is 0.786. The molecule has 1 heterocycles. The second kappa shape index (κ2) is 8.13. The van der Waals surface area contributed by atoms with E-state index in [9.17, 15) is 9.90 Å². The fourth-order valence-corrected chi connectivity index (χ4v) is 3.12. The summed E-state index contributed by atoms with van der Waals surface area (Å²) in [5, 5.41) is 12.2. The van der Waals surface area contributed by atoms with E-state index in [0.717, 1.165) is 11.1 Å². The minimum Gasteiger partial charge on any atom is -0.391 e. The van der Waals surface area contributed by atoms with Crippen molar-refractivity contribution in [1.29, 1.82) is 0 Å². The molecule has 0 saturated heterocycles. The third kappa shape index (κ3) is 4.98. The van der Waals surface area contributed by atoms with Crippen LogP contribution in [0.4, 0.5) is 0 Å². The number of thiophene rings is 1. The van der Waals surface area contributed by atoms with E-state index in [4.69, 9.17) is 11.6 Å². The van der Waals surface area contributed by atoms with Crippen molar-refractivity contribution < 1.29 is 9.90 Å². The van der Waals surface area contributed by atoms with Crippen LogP contribution in [0.15, 0.2) is 54.4 Å². The van der Waals surface area contributed by atoms with E-state index in [2.05, 4.69) is 6.58 Å². The van der Waals surface area contributed by atoms with Gasteiger partial charge < -0.3 is 10.0 Å². The van der Waals surface area contributed by atoms with Crippen molar-refractivity contribution in [1.82, 2.24) is 4.90 Å². The van der Waals surface area contributed by atoms with Crippen LogP contribution in [0.3, 0.4) is 0 Å². The van der Waals surface area contributed by atoms with Crippen LogP contribution in [0.1, 0.15) is 11.1 Å². The Balaban J connectivity index is 1.99. The Hall–Kier alpha value is -1.62. The molecule has 1 N–H and O–H groups in total. The molecule has 22 heavy (non-hydrogen) atoms. The number of carbonyl (C=O) groups excluding carboxylic acids is 1. The van der Waals surface area contributed by atoms with Gasteiger partial charge in [-0.15, -0.1) is 11.3 Å². The van der Waals surface area contributed by atoms with Gasteiger partial charge in [0, 0.05) is 19.5 Å². The van der Waals surface area contributed by atoms with Gasteiger partial charge in [-0.05, 0) is 28.6 Å². The second-order valence-corrected chi connectivity index (χ2v) is 6.57. The summed E-state index contributed by atoms with van der Waals surface area (Å²) in [4.78, 5) is 13.6. The van der Waals surface area contributed by atoms with Gasteiger partial charge in [0.15, 0.2) is 0 Å². The highest BCUT2D eigenvalue weighted by atomic mass is 35.5. The molecule has 0 aliphatic carbocycles. The summed E-state index contributed by atoms with van der Waals surface area (Å²) in [6, 6.07) is 11.6. The Kier molecular flexibility index (Phi) is 6.19. The van der Waals surface area contributed by atoms with Crippen LogP contribution < -0.4 is 0 Å². The van der Waals surface area contributed by atoms with Crippen molar-refractivity contribution in [2.75, 3.05) is 6.54 Å². The number of carbonyl (C=O) groups is 1. The van der Waals surface area contributed by atoms with E-state index in [0.29, 0.717) is 17.3 Å². The highest BCUT2D eigenvalue weighted by Gasteiger charge is 2.17. The number of hydrogen-bond donors (Lipinski definition) is 1. The van der Waals surface area contributed by atoms with E-state index < -0.39 is 6.10 Å². The van der Waals surface area contributed by atoms with Crippen LogP contribution in [0.5, 0.6) is 0 Å². The molecule has 0 saturated carbocycles. The summed E-state index contributed by atoms with van der Waals surface area (Å²) in [6.07, 6.45) is 1.15. The van der Waals surface area contributed by atoms with Gasteiger partial charge in [0.25, 0.3) is 0 Å². The number of benzene rings is 1. The summed E-state index contributed by atoms with van der Waals surface area (Å²) in [7, 11) is 0. The molecule has 0 spiro atoms. The first-order valence-electron chi connectivity index (χ1n) is 6.94. The lowest BCUT2D eigenvalue weighted by Gasteiger charge is -2.24. The SMILES string of the molecule is C=CC(=O)N(Cc1csc(Cl)c1)C[C@H](O)Cc1ccccc1. The molecule has 1 aromatic carbocycles. The maximum Gasteiger partial charge on any atom is 0.246 e. The zero-order chi connectivity index (χ0) is 15.9. The lowest BCUT2D eigenvalue weighted by molar-refractivity contribution is -0.128. The summed E-state index contributed by atoms with van der Waals surface area (Å²) >= 11 is 7.34. The predicted octanol–water partition coefficient (Wildman–Crippen LogP) is 3.52. The van der Waals surface area contributed by atoms with Crippen LogP contribution in [-0.2, 0) is 17.8 Å². The fourth-order valence-electron chi connectivity index (χ4n) is 2.22. The predicted molar refractivity (Wildman–Crippen MR) is 91.1 cm³/mol. The van der Waals surface area contributed by atoms with Gasteiger partial charge in [-0.2, -0.15) is 0 Å². The summed E-state index contributed by atoms with van der Waals surface area (Å²) in [5.41, 5.74) is 2.00. The van der Waals surface area contributed by atoms with Gasteiger partial charge in [0.05, 0.1) is 10.4 Å². The normalized spacial score (nSPS) is 11.9. The Labute approximate surface area is 139 Å². The van der Waals surface area contributed by atoms with Gasteiger partial charge in [-0.1, -0.05) is 48.5 Å². The van der Waals surface area contributed by atoms with Gasteiger partial charge in [-0.25, -0.2) is 0 Å². The van der Waals surface area contributed by atoms with Crippen molar-refractivity contribution in [3.05, 3.63) is 69.9 Å². The zero-order valence-corrected chi connectivity index (χ0v) is 13.7. The lowest BCUT2D eigenvalue weighted by atomic mass is 10.1. The van der Waals surface area contributed by atoms with Crippen LogP contribution in [0, 0.1) is 0 Å². The van der Waals surface area contributed by atoms with Crippen molar-refractivity contribution in [3.63, 3.8) is 0 Å². The first-order valence-corrected chi connectivity index (χ1v) is 8.20. The van der Waals surface area contributed by atoms with Crippen molar-refractivity contribution in [3.8, 4) is 0 Å². The summed E-state index contributed by atoms with van der Waals surface area (Å²) in [6.45, 7) is 4.20. The topological polar surface area (TPSA) is 40.5 Å².